The second kappa shape index (κ2) is 5.07. The Bertz CT molecular complexity index is 354. The third-order valence-electron chi connectivity index (χ3n) is 3.08. The first-order valence-corrected chi connectivity index (χ1v) is 5.28. The van der Waals surface area contributed by atoms with Gasteiger partial charge in [-0.3, -0.25) is 4.79 Å². The van der Waals surface area contributed by atoms with Gasteiger partial charge in [0.25, 0.3) is 0 Å². The maximum atomic E-state index is 11.8. The van der Waals surface area contributed by atoms with Crippen LogP contribution in [0, 0.1) is 11.8 Å². The third kappa shape index (κ3) is 2.35. The predicted molar refractivity (Wildman–Crippen MR) is 56.9 cm³/mol. The average molecular weight is 241 g/mol. The van der Waals surface area contributed by atoms with E-state index in [2.05, 4.69) is 10.1 Å². The lowest BCUT2D eigenvalue weighted by Gasteiger charge is -2.30. The fraction of sp³-hybridized carbons (Fsp3) is 0.636. The molecule has 0 bridgehead atoms. The highest BCUT2D eigenvalue weighted by Crippen LogP contribution is 2.38. The molecule has 0 radical (unpaired) electrons. The van der Waals surface area contributed by atoms with E-state index in [9.17, 15) is 19.2 Å². The van der Waals surface area contributed by atoms with E-state index in [-0.39, 0.29) is 12.8 Å². The van der Waals surface area contributed by atoms with Crippen molar-refractivity contribution in [3.05, 3.63) is 0 Å². The summed E-state index contributed by atoms with van der Waals surface area (Å²) in [5.74, 6) is -2.27. The highest BCUT2D eigenvalue weighted by Gasteiger charge is 2.54. The number of hydrogen-bond acceptors (Lipinski definition) is 5. The minimum Gasteiger partial charge on any atom is -0.467 e. The summed E-state index contributed by atoms with van der Waals surface area (Å²) in [6.45, 7) is 1.25. The number of nitrogens with one attached hydrogen (secondary N) is 1. The fourth-order valence-corrected chi connectivity index (χ4v) is 2.38. The lowest BCUT2D eigenvalue weighted by molar-refractivity contribution is -0.153. The van der Waals surface area contributed by atoms with Crippen molar-refractivity contribution in [1.82, 2.24) is 5.32 Å². The van der Waals surface area contributed by atoms with Gasteiger partial charge in [0, 0.05) is 18.8 Å². The predicted octanol–water partition coefficient (Wildman–Crippen LogP) is -0.542. The number of methoxy groups -OCH3 is 1. The molecule has 1 aliphatic carbocycles. The van der Waals surface area contributed by atoms with Gasteiger partial charge < -0.3 is 19.6 Å². The van der Waals surface area contributed by atoms with Crippen molar-refractivity contribution in [3.63, 3.8) is 0 Å². The molecule has 6 heteroatoms. The number of carbonyl (C=O) groups is 4. The second-order valence-corrected chi connectivity index (χ2v) is 4.22. The molecule has 1 amide bonds. The van der Waals surface area contributed by atoms with E-state index in [1.165, 1.54) is 14.0 Å². The number of amides is 1. The van der Waals surface area contributed by atoms with Crippen LogP contribution in [0.25, 0.3) is 0 Å². The molecule has 17 heavy (non-hydrogen) atoms. The molecule has 1 N–H and O–H groups in total. The Morgan fingerprint density at radius 1 is 1.35 bits per heavy atom. The molecule has 1 fully saturated rings. The standard InChI is InChI=1S/C11H15NO5/c1-7(15)12-11(10(16)17-2)4-8(5-13)3-9(11)6-14/h5-6,8-9H,3-4H2,1-2H3,(H,12,15)/t8-,9+,11-/m0/s1. The van der Waals surface area contributed by atoms with Gasteiger partial charge in [-0.05, 0) is 12.8 Å². The summed E-state index contributed by atoms with van der Waals surface area (Å²) < 4.78 is 4.63. The number of hydrogen-bond donors (Lipinski definition) is 1. The zero-order valence-electron chi connectivity index (χ0n) is 9.76. The Morgan fingerprint density at radius 3 is 2.41 bits per heavy atom. The number of ether oxygens (including phenoxy) is 1. The van der Waals surface area contributed by atoms with Crippen LogP contribution in [0.5, 0.6) is 0 Å². The zero-order chi connectivity index (χ0) is 13.1. The number of esters is 1. The molecule has 0 heterocycles. The highest BCUT2D eigenvalue weighted by atomic mass is 16.5. The summed E-state index contributed by atoms with van der Waals surface area (Å²) in [7, 11) is 1.18. The molecule has 1 rings (SSSR count). The Labute approximate surface area is 98.7 Å². The molecule has 0 saturated heterocycles. The van der Waals surface area contributed by atoms with Crippen molar-refractivity contribution in [2.24, 2.45) is 11.8 Å². The van der Waals surface area contributed by atoms with Crippen LogP contribution in [0.15, 0.2) is 0 Å². The molecule has 0 aliphatic heterocycles. The Balaban J connectivity index is 3.10. The normalized spacial score (nSPS) is 31.6. The summed E-state index contributed by atoms with van der Waals surface area (Å²) in [6.07, 6.45) is 1.65. The van der Waals surface area contributed by atoms with Crippen LogP contribution < -0.4 is 5.32 Å². The second-order valence-electron chi connectivity index (χ2n) is 4.22. The van der Waals surface area contributed by atoms with Crippen LogP contribution in [0.2, 0.25) is 0 Å². The van der Waals surface area contributed by atoms with E-state index >= 15 is 0 Å². The van der Waals surface area contributed by atoms with Gasteiger partial charge in [-0.25, -0.2) is 4.79 Å². The van der Waals surface area contributed by atoms with Gasteiger partial charge in [0.1, 0.15) is 18.1 Å². The average Bonchev–Trinajstić information content (AvgIpc) is 2.66. The summed E-state index contributed by atoms with van der Waals surface area (Å²) in [5, 5.41) is 2.47. The van der Waals surface area contributed by atoms with Crippen LogP contribution in [0.3, 0.4) is 0 Å². The van der Waals surface area contributed by atoms with E-state index in [1.807, 2.05) is 0 Å². The van der Waals surface area contributed by atoms with Crippen molar-refractivity contribution < 1.29 is 23.9 Å². The summed E-state index contributed by atoms with van der Waals surface area (Å²) >= 11 is 0. The van der Waals surface area contributed by atoms with Gasteiger partial charge in [-0.15, -0.1) is 0 Å². The molecule has 1 aliphatic rings. The van der Waals surface area contributed by atoms with Crippen LogP contribution in [-0.4, -0.2) is 37.1 Å². The minimum absolute atomic E-state index is 0.103. The van der Waals surface area contributed by atoms with Crippen LogP contribution in [-0.2, 0) is 23.9 Å². The van der Waals surface area contributed by atoms with Crippen molar-refractivity contribution in [2.75, 3.05) is 7.11 Å². The highest BCUT2D eigenvalue weighted by molar-refractivity contribution is 5.91. The van der Waals surface area contributed by atoms with Gasteiger partial charge in [0.05, 0.1) is 7.11 Å². The molecule has 0 aromatic rings. The summed E-state index contributed by atoms with van der Waals surface area (Å²) in [4.78, 5) is 44.7. The van der Waals surface area contributed by atoms with Crippen molar-refractivity contribution in [2.45, 2.75) is 25.3 Å². The van der Waals surface area contributed by atoms with Gasteiger partial charge in [0.2, 0.25) is 5.91 Å². The molecule has 0 unspecified atom stereocenters. The third-order valence-corrected chi connectivity index (χ3v) is 3.08. The lowest BCUT2D eigenvalue weighted by atomic mass is 9.87. The lowest BCUT2D eigenvalue weighted by Crippen LogP contribution is -2.57. The van der Waals surface area contributed by atoms with E-state index in [0.717, 1.165) is 0 Å². The topological polar surface area (TPSA) is 89.5 Å². The zero-order valence-corrected chi connectivity index (χ0v) is 9.76. The monoisotopic (exact) mass is 241 g/mol. The maximum Gasteiger partial charge on any atom is 0.332 e. The largest absolute Gasteiger partial charge is 0.467 e. The minimum atomic E-state index is -1.39. The van der Waals surface area contributed by atoms with Crippen molar-refractivity contribution in [3.8, 4) is 0 Å². The van der Waals surface area contributed by atoms with E-state index < -0.39 is 29.3 Å². The van der Waals surface area contributed by atoms with Gasteiger partial charge in [0.15, 0.2) is 0 Å². The van der Waals surface area contributed by atoms with E-state index in [1.54, 1.807) is 0 Å². The Hall–Kier alpha value is -1.72. The number of carbonyl (C=O) groups excluding carboxylic acids is 4. The molecule has 3 atom stereocenters. The smallest absolute Gasteiger partial charge is 0.332 e. The summed E-state index contributed by atoms with van der Waals surface area (Å²) in [5.41, 5.74) is -1.39. The first-order valence-electron chi connectivity index (χ1n) is 5.28. The number of aldehydes is 2. The van der Waals surface area contributed by atoms with Gasteiger partial charge >= 0.3 is 5.97 Å². The van der Waals surface area contributed by atoms with E-state index in [4.69, 9.17) is 0 Å². The number of rotatable bonds is 4. The molecule has 6 nitrogen and oxygen atoms in total. The molecule has 0 aromatic carbocycles. The SMILES string of the molecule is COC(=O)[C@]1(NC(C)=O)C[C@@H](C=O)C[C@@H]1C=O. The molecule has 0 aromatic heterocycles. The summed E-state index contributed by atoms with van der Waals surface area (Å²) in [6, 6.07) is 0. The van der Waals surface area contributed by atoms with Crippen molar-refractivity contribution >= 4 is 24.4 Å². The molecule has 0 spiro atoms. The molecular formula is C11H15NO5. The van der Waals surface area contributed by atoms with Crippen molar-refractivity contribution in [1.29, 1.82) is 0 Å². The maximum absolute atomic E-state index is 11.8. The van der Waals surface area contributed by atoms with Crippen LogP contribution in [0.1, 0.15) is 19.8 Å². The Kier molecular flexibility index (Phi) is 3.98. The quantitative estimate of drug-likeness (QED) is 0.527. The molecular weight excluding hydrogens is 226 g/mol. The molecule has 94 valence electrons. The van der Waals surface area contributed by atoms with E-state index in [0.29, 0.717) is 12.6 Å². The Morgan fingerprint density at radius 2 is 2.00 bits per heavy atom. The fourth-order valence-electron chi connectivity index (χ4n) is 2.38. The van der Waals surface area contributed by atoms with Gasteiger partial charge in [-0.2, -0.15) is 0 Å². The first-order chi connectivity index (χ1) is 8.00. The van der Waals surface area contributed by atoms with Crippen LogP contribution >= 0.6 is 0 Å². The molecule has 1 saturated carbocycles. The van der Waals surface area contributed by atoms with Crippen LogP contribution in [0.4, 0.5) is 0 Å². The first kappa shape index (κ1) is 13.3. The van der Waals surface area contributed by atoms with Gasteiger partial charge in [-0.1, -0.05) is 0 Å².